The molecule has 236 valence electrons. The van der Waals surface area contributed by atoms with Gasteiger partial charge in [0.15, 0.2) is 0 Å². The van der Waals surface area contributed by atoms with E-state index in [-0.39, 0.29) is 22.4 Å². The Bertz CT molecular complexity index is 2350. The van der Waals surface area contributed by atoms with Gasteiger partial charge in [0.2, 0.25) is 0 Å². The van der Waals surface area contributed by atoms with E-state index in [0.29, 0.717) is 28.3 Å². The molecule has 1 aromatic heterocycles. The molecule has 0 aliphatic heterocycles. The fourth-order valence-electron chi connectivity index (χ4n) is 4.31. The summed E-state index contributed by atoms with van der Waals surface area (Å²) in [5.74, 6) is -1.45. The van der Waals surface area contributed by atoms with Crippen LogP contribution in [0, 0.1) is 20.8 Å². The Morgan fingerprint density at radius 3 is 1.98 bits per heavy atom. The molecule has 0 amide bonds. The van der Waals surface area contributed by atoms with E-state index in [1.165, 1.54) is 0 Å². The lowest BCUT2D eigenvalue weighted by atomic mass is 10.1. The third-order valence-electron chi connectivity index (χ3n) is 6.76. The highest BCUT2D eigenvalue weighted by atomic mass is 32.2. The zero-order valence-electron chi connectivity index (χ0n) is 24.2. The van der Waals surface area contributed by atoms with E-state index in [2.05, 4.69) is 30.7 Å². The van der Waals surface area contributed by atoms with Crippen LogP contribution in [0.3, 0.4) is 0 Å². The lowest BCUT2D eigenvalue weighted by Crippen LogP contribution is -2.10. The first-order valence-electron chi connectivity index (χ1n) is 13.1. The van der Waals surface area contributed by atoms with Gasteiger partial charge in [0.05, 0.1) is 27.5 Å². The van der Waals surface area contributed by atoms with E-state index in [4.69, 9.17) is 5.73 Å². The minimum absolute atomic E-state index is 0.00405. The number of hydrogen-bond donors (Lipinski definition) is 4. The molecule has 5 rings (SSSR count). The minimum Gasteiger partial charge on any atom is -0.478 e. The summed E-state index contributed by atoms with van der Waals surface area (Å²) in [6.07, 6.45) is 0. The molecule has 16 nitrogen and oxygen atoms in total. The van der Waals surface area contributed by atoms with E-state index in [1.54, 1.807) is 25.1 Å². The fraction of sp³-hybridized carbons (Fsp3) is 0.107. The maximum atomic E-state index is 12.2. The molecule has 5 aromatic rings. The van der Waals surface area contributed by atoms with Crippen LogP contribution in [-0.4, -0.2) is 52.0 Å². The summed E-state index contributed by atoms with van der Waals surface area (Å²) in [6, 6.07) is 13.3. The average Bonchev–Trinajstić information content (AvgIpc) is 3.39. The van der Waals surface area contributed by atoms with Gasteiger partial charge >= 0.3 is 5.97 Å². The predicted molar refractivity (Wildman–Crippen MR) is 165 cm³/mol. The number of aromatic carboxylic acids is 1. The molecule has 5 N–H and O–H groups in total. The van der Waals surface area contributed by atoms with Crippen molar-refractivity contribution in [2.45, 2.75) is 30.6 Å². The third-order valence-corrected chi connectivity index (χ3v) is 8.49. The number of azo groups is 2. The van der Waals surface area contributed by atoms with E-state index >= 15 is 0 Å². The van der Waals surface area contributed by atoms with Crippen molar-refractivity contribution in [1.82, 2.24) is 15.0 Å². The summed E-state index contributed by atoms with van der Waals surface area (Å²) in [5.41, 5.74) is 9.25. The number of anilines is 1. The number of hydrogen-bond acceptors (Lipinski definition) is 12. The highest BCUT2D eigenvalue weighted by Gasteiger charge is 2.22. The van der Waals surface area contributed by atoms with Crippen LogP contribution < -0.4 is 5.73 Å². The second-order valence-electron chi connectivity index (χ2n) is 10.1. The van der Waals surface area contributed by atoms with Crippen LogP contribution in [0.2, 0.25) is 0 Å². The van der Waals surface area contributed by atoms with E-state index in [0.717, 1.165) is 46.3 Å². The topological polar surface area (TPSA) is 252 Å². The fourth-order valence-corrected chi connectivity index (χ4v) is 5.43. The van der Waals surface area contributed by atoms with Crippen molar-refractivity contribution >= 4 is 65.7 Å². The van der Waals surface area contributed by atoms with Crippen LogP contribution in [0.5, 0.6) is 0 Å². The number of carbonyl (C=O) groups is 1. The van der Waals surface area contributed by atoms with Crippen LogP contribution >= 0.6 is 0 Å². The molecule has 0 atom stereocenters. The first kappa shape index (κ1) is 32.0. The Morgan fingerprint density at radius 2 is 1.35 bits per heavy atom. The van der Waals surface area contributed by atoms with Crippen molar-refractivity contribution in [2.24, 2.45) is 20.5 Å². The monoisotopic (exact) mass is 664 g/mol. The Hall–Kier alpha value is -5.43. The van der Waals surface area contributed by atoms with Crippen LogP contribution in [0.4, 0.5) is 28.4 Å². The number of carboxylic acid groups (broad SMARTS) is 1. The van der Waals surface area contributed by atoms with Crippen molar-refractivity contribution in [3.63, 3.8) is 0 Å². The molecule has 4 aromatic carbocycles. The quantitative estimate of drug-likeness (QED) is 0.0856. The van der Waals surface area contributed by atoms with E-state index < -0.39 is 41.6 Å². The van der Waals surface area contributed by atoms with Gasteiger partial charge in [0.25, 0.3) is 20.2 Å². The lowest BCUT2D eigenvalue weighted by molar-refractivity contribution is 0.0696. The number of rotatable bonds is 8. The molecule has 0 aliphatic rings. The zero-order chi connectivity index (χ0) is 33.6. The van der Waals surface area contributed by atoms with Crippen LogP contribution in [0.15, 0.2) is 90.9 Å². The normalized spacial score (nSPS) is 12.5. The minimum atomic E-state index is -4.86. The van der Waals surface area contributed by atoms with Gasteiger partial charge in [-0.05, 0) is 98.1 Å². The van der Waals surface area contributed by atoms with Gasteiger partial charge < -0.3 is 10.8 Å². The first-order valence-corrected chi connectivity index (χ1v) is 15.9. The first-order chi connectivity index (χ1) is 21.5. The van der Waals surface area contributed by atoms with Gasteiger partial charge in [-0.2, -0.15) is 32.2 Å². The second kappa shape index (κ2) is 11.8. The SMILES string of the molecule is Cc1cc(/N=N\c2ccc(/N=N\c3cc4nn(-c5cc(S(=O)(=O)O)ccc5C(=O)O)nc4cc3S(=O)(=O)O)c(C)c2)c(C)cc1N. The van der Waals surface area contributed by atoms with Gasteiger partial charge in [-0.25, -0.2) is 4.79 Å². The number of aryl methyl sites for hydroxylation is 3. The maximum Gasteiger partial charge on any atom is 0.337 e. The van der Waals surface area contributed by atoms with Crippen molar-refractivity contribution < 1.29 is 35.8 Å². The van der Waals surface area contributed by atoms with Gasteiger partial charge in [-0.1, -0.05) is 0 Å². The number of nitrogens with two attached hydrogens (primary N) is 1. The summed E-state index contributed by atoms with van der Waals surface area (Å²) in [4.78, 5) is 11.2. The summed E-state index contributed by atoms with van der Waals surface area (Å²) in [6.45, 7) is 5.46. The molecule has 18 heteroatoms. The van der Waals surface area contributed by atoms with Gasteiger partial charge in [-0.15, -0.1) is 20.1 Å². The third kappa shape index (κ3) is 6.64. The standard InChI is InChI=1S/C28H24N8O8S2/c1-14-10-22(16(3)9-20(14)29)32-30-17-4-7-21(15(2)8-17)31-33-25-12-23-24(13-27(25)46(42,43)44)35-36(34-23)26-11-18(45(39,40)41)5-6-19(26)28(37)38/h4-13H,29H2,1-3H3,(H,37,38)(H,39,40,41)(H,42,43,44)/b32-30-,33-31-. The second-order valence-corrected chi connectivity index (χ2v) is 12.9. The molecular formula is C28H24N8O8S2. The van der Waals surface area contributed by atoms with Crippen LogP contribution in [0.1, 0.15) is 27.0 Å². The maximum absolute atomic E-state index is 12.2. The Labute approximate surface area is 261 Å². The van der Waals surface area contributed by atoms with Crippen molar-refractivity contribution in [1.29, 1.82) is 0 Å². The summed E-state index contributed by atoms with van der Waals surface area (Å²) < 4.78 is 67.1. The Balaban J connectivity index is 1.52. The number of benzene rings is 4. The van der Waals surface area contributed by atoms with Crippen molar-refractivity contribution in [3.8, 4) is 5.69 Å². The number of carboxylic acids is 1. The predicted octanol–water partition coefficient (Wildman–Crippen LogP) is 5.95. The molecule has 1 heterocycles. The van der Waals surface area contributed by atoms with Gasteiger partial charge in [-0.3, -0.25) is 9.11 Å². The van der Waals surface area contributed by atoms with Crippen molar-refractivity contribution in [3.05, 3.63) is 82.9 Å². The lowest BCUT2D eigenvalue weighted by Gasteiger charge is -2.06. The molecule has 0 spiro atoms. The molecule has 0 bridgehead atoms. The number of aromatic nitrogens is 3. The summed E-state index contributed by atoms with van der Waals surface area (Å²) in [7, 11) is -9.58. The molecular weight excluding hydrogens is 640 g/mol. The smallest absolute Gasteiger partial charge is 0.337 e. The molecule has 0 saturated heterocycles. The largest absolute Gasteiger partial charge is 0.478 e. The van der Waals surface area contributed by atoms with Gasteiger partial charge in [0, 0.05) is 5.69 Å². The Kier molecular flexibility index (Phi) is 8.22. The summed E-state index contributed by atoms with van der Waals surface area (Å²) >= 11 is 0. The van der Waals surface area contributed by atoms with E-state index in [1.807, 2.05) is 26.0 Å². The highest BCUT2D eigenvalue weighted by molar-refractivity contribution is 7.86. The average molecular weight is 665 g/mol. The van der Waals surface area contributed by atoms with Crippen LogP contribution in [-0.2, 0) is 20.2 Å². The molecule has 0 unspecified atom stereocenters. The van der Waals surface area contributed by atoms with Gasteiger partial charge in [0.1, 0.15) is 27.3 Å². The molecule has 0 radical (unpaired) electrons. The molecule has 0 aliphatic carbocycles. The number of nitrogens with zero attached hydrogens (tertiary/aromatic N) is 7. The zero-order valence-corrected chi connectivity index (χ0v) is 25.8. The summed E-state index contributed by atoms with van der Waals surface area (Å²) in [5, 5.41) is 34.5. The molecule has 0 fully saturated rings. The number of fused-ring (bicyclic) bond motifs is 1. The van der Waals surface area contributed by atoms with Crippen molar-refractivity contribution in [2.75, 3.05) is 5.73 Å². The Morgan fingerprint density at radius 1 is 0.717 bits per heavy atom. The number of nitrogen functional groups attached to an aromatic ring is 1. The van der Waals surface area contributed by atoms with Crippen LogP contribution in [0.25, 0.3) is 16.7 Å². The molecule has 0 saturated carbocycles. The van der Waals surface area contributed by atoms with E-state index in [9.17, 15) is 35.8 Å². The highest BCUT2D eigenvalue weighted by Crippen LogP contribution is 2.33. The molecule has 46 heavy (non-hydrogen) atoms.